The Bertz CT molecular complexity index is 465. The zero-order chi connectivity index (χ0) is 8.55. The Morgan fingerprint density at radius 3 is 3.08 bits per heavy atom. The number of fused-ring (bicyclic) bond motifs is 1. The highest BCUT2D eigenvalue weighted by Crippen LogP contribution is 2.15. The van der Waals surface area contributed by atoms with E-state index in [1.165, 1.54) is 12.4 Å². The van der Waals surface area contributed by atoms with E-state index in [9.17, 15) is 4.39 Å². The molecule has 1 N–H and O–H groups in total. The topological polar surface area (TPSA) is 28.7 Å². The van der Waals surface area contributed by atoms with Gasteiger partial charge >= 0.3 is 0 Å². The van der Waals surface area contributed by atoms with Crippen molar-refractivity contribution in [2.75, 3.05) is 0 Å². The van der Waals surface area contributed by atoms with Crippen LogP contribution in [0.1, 0.15) is 5.56 Å². The van der Waals surface area contributed by atoms with Crippen LogP contribution in [0.25, 0.3) is 11.0 Å². The van der Waals surface area contributed by atoms with Gasteiger partial charge < -0.3 is 4.98 Å². The molecule has 0 aliphatic rings. The Morgan fingerprint density at radius 1 is 1.50 bits per heavy atom. The summed E-state index contributed by atoms with van der Waals surface area (Å²) in [6.07, 6.45) is 6.57. The van der Waals surface area contributed by atoms with E-state index in [4.69, 9.17) is 6.42 Å². The van der Waals surface area contributed by atoms with Crippen LogP contribution in [0.2, 0.25) is 0 Å². The molecule has 0 aliphatic carbocycles. The summed E-state index contributed by atoms with van der Waals surface area (Å²) in [5, 5.41) is 0. The van der Waals surface area contributed by atoms with Crippen LogP contribution < -0.4 is 0 Å². The highest BCUT2D eigenvalue weighted by Gasteiger charge is 2.03. The third-order valence-electron chi connectivity index (χ3n) is 1.64. The van der Waals surface area contributed by atoms with E-state index in [0.717, 1.165) is 0 Å². The van der Waals surface area contributed by atoms with Crippen molar-refractivity contribution in [2.24, 2.45) is 0 Å². The van der Waals surface area contributed by atoms with Gasteiger partial charge in [0.05, 0.1) is 11.8 Å². The fourth-order valence-corrected chi connectivity index (χ4v) is 1.09. The van der Waals surface area contributed by atoms with Crippen LogP contribution >= 0.6 is 0 Å². The monoisotopic (exact) mass is 160 g/mol. The van der Waals surface area contributed by atoms with Crippen LogP contribution in [-0.4, -0.2) is 9.97 Å². The maximum atomic E-state index is 13.1. The SMILES string of the molecule is C#Cc1cc(F)c2nc[nH]c2c1. The number of nitrogens with zero attached hydrogens (tertiary/aromatic N) is 1. The molecule has 1 aromatic carbocycles. The predicted molar refractivity (Wildman–Crippen MR) is 44.0 cm³/mol. The number of hydrogen-bond donors (Lipinski definition) is 1. The molecule has 1 aromatic heterocycles. The number of nitrogens with one attached hydrogen (secondary N) is 1. The molecule has 0 saturated carbocycles. The summed E-state index contributed by atoms with van der Waals surface area (Å²) in [5.74, 6) is 1.97. The van der Waals surface area contributed by atoms with Gasteiger partial charge in [0, 0.05) is 5.56 Å². The van der Waals surface area contributed by atoms with Crippen LogP contribution in [0.5, 0.6) is 0 Å². The van der Waals surface area contributed by atoms with E-state index in [1.54, 1.807) is 6.07 Å². The number of aromatic nitrogens is 2. The minimum atomic E-state index is -0.387. The van der Waals surface area contributed by atoms with Crippen molar-refractivity contribution in [3.8, 4) is 12.3 Å². The van der Waals surface area contributed by atoms with Crippen LogP contribution in [0.4, 0.5) is 4.39 Å². The Morgan fingerprint density at radius 2 is 2.33 bits per heavy atom. The molecule has 0 amide bonds. The van der Waals surface area contributed by atoms with Gasteiger partial charge in [0.25, 0.3) is 0 Å². The molecule has 12 heavy (non-hydrogen) atoms. The van der Waals surface area contributed by atoms with E-state index in [2.05, 4.69) is 15.9 Å². The highest BCUT2D eigenvalue weighted by molar-refractivity contribution is 5.76. The second-order valence-electron chi connectivity index (χ2n) is 2.40. The summed E-state index contributed by atoms with van der Waals surface area (Å²) in [7, 11) is 0. The van der Waals surface area contributed by atoms with Crippen molar-refractivity contribution in [2.45, 2.75) is 0 Å². The molecule has 0 atom stereocenters. The van der Waals surface area contributed by atoms with Crippen LogP contribution in [0, 0.1) is 18.2 Å². The van der Waals surface area contributed by atoms with E-state index in [1.807, 2.05) is 0 Å². The molecule has 0 bridgehead atoms. The van der Waals surface area contributed by atoms with E-state index >= 15 is 0 Å². The molecule has 0 spiro atoms. The molecular formula is C9H5FN2. The molecule has 0 saturated heterocycles. The molecule has 0 unspecified atom stereocenters. The van der Waals surface area contributed by atoms with Crippen LogP contribution in [0.15, 0.2) is 18.5 Å². The molecule has 2 rings (SSSR count). The average molecular weight is 160 g/mol. The maximum Gasteiger partial charge on any atom is 0.152 e. The van der Waals surface area contributed by atoms with Crippen LogP contribution in [-0.2, 0) is 0 Å². The Kier molecular flexibility index (Phi) is 1.34. The minimum Gasteiger partial charge on any atom is -0.344 e. The van der Waals surface area contributed by atoms with Crippen molar-refractivity contribution < 1.29 is 4.39 Å². The average Bonchev–Trinajstić information content (AvgIpc) is 2.52. The van der Waals surface area contributed by atoms with Gasteiger partial charge in [-0.1, -0.05) is 5.92 Å². The van der Waals surface area contributed by atoms with Gasteiger partial charge in [-0.2, -0.15) is 0 Å². The second-order valence-corrected chi connectivity index (χ2v) is 2.40. The van der Waals surface area contributed by atoms with Gasteiger partial charge in [-0.15, -0.1) is 6.42 Å². The Labute approximate surface area is 68.4 Å². The molecule has 0 radical (unpaired) electrons. The standard InChI is InChI=1S/C9H5FN2/c1-2-6-3-7(10)9-8(4-6)11-5-12-9/h1,3-5H,(H,11,12). The molecule has 1 heterocycles. The number of hydrogen-bond acceptors (Lipinski definition) is 1. The van der Waals surface area contributed by atoms with Gasteiger partial charge in [0.2, 0.25) is 0 Å². The van der Waals surface area contributed by atoms with Crippen LogP contribution in [0.3, 0.4) is 0 Å². The third kappa shape index (κ3) is 0.857. The summed E-state index contributed by atoms with van der Waals surface area (Å²) in [5.41, 5.74) is 1.47. The quantitative estimate of drug-likeness (QED) is 0.583. The van der Waals surface area contributed by atoms with E-state index in [0.29, 0.717) is 16.6 Å². The van der Waals surface area contributed by atoms with Crippen molar-refractivity contribution >= 4 is 11.0 Å². The first-order chi connectivity index (χ1) is 5.81. The zero-order valence-corrected chi connectivity index (χ0v) is 6.13. The number of imidazole rings is 1. The van der Waals surface area contributed by atoms with Gasteiger partial charge in [-0.3, -0.25) is 0 Å². The molecule has 0 fully saturated rings. The third-order valence-corrected chi connectivity index (χ3v) is 1.64. The lowest BCUT2D eigenvalue weighted by Gasteiger charge is -1.92. The van der Waals surface area contributed by atoms with Crippen molar-refractivity contribution in [1.29, 1.82) is 0 Å². The minimum absolute atomic E-state index is 0.328. The molecule has 2 aromatic rings. The summed E-state index contributed by atoms with van der Waals surface area (Å²) in [4.78, 5) is 6.58. The van der Waals surface area contributed by atoms with E-state index in [-0.39, 0.29) is 5.82 Å². The van der Waals surface area contributed by atoms with Crippen molar-refractivity contribution in [1.82, 2.24) is 9.97 Å². The number of benzene rings is 1. The molecule has 58 valence electrons. The lowest BCUT2D eigenvalue weighted by Crippen LogP contribution is -1.81. The zero-order valence-electron chi connectivity index (χ0n) is 6.13. The normalized spacial score (nSPS) is 10.0. The lowest BCUT2D eigenvalue weighted by molar-refractivity contribution is 0.637. The van der Waals surface area contributed by atoms with Gasteiger partial charge in [0.1, 0.15) is 5.52 Å². The Hall–Kier alpha value is -1.82. The van der Waals surface area contributed by atoms with E-state index < -0.39 is 0 Å². The molecule has 0 aliphatic heterocycles. The van der Waals surface area contributed by atoms with Crippen molar-refractivity contribution in [3.63, 3.8) is 0 Å². The number of H-pyrrole nitrogens is 1. The van der Waals surface area contributed by atoms with Gasteiger partial charge in [0.15, 0.2) is 5.82 Å². The molecular weight excluding hydrogens is 155 g/mol. The highest BCUT2D eigenvalue weighted by atomic mass is 19.1. The number of halogens is 1. The summed E-state index contributed by atoms with van der Waals surface area (Å²) >= 11 is 0. The first kappa shape index (κ1) is 6.86. The summed E-state index contributed by atoms with van der Waals surface area (Å²) < 4.78 is 13.1. The first-order valence-corrected chi connectivity index (χ1v) is 3.40. The van der Waals surface area contributed by atoms with Gasteiger partial charge in [-0.25, -0.2) is 9.37 Å². The summed E-state index contributed by atoms with van der Waals surface area (Å²) in [6.45, 7) is 0. The molecule has 2 nitrogen and oxygen atoms in total. The number of aromatic amines is 1. The summed E-state index contributed by atoms with van der Waals surface area (Å²) in [6, 6.07) is 2.98. The first-order valence-electron chi connectivity index (χ1n) is 3.40. The lowest BCUT2D eigenvalue weighted by atomic mass is 10.2. The smallest absolute Gasteiger partial charge is 0.152 e. The van der Waals surface area contributed by atoms with Gasteiger partial charge in [-0.05, 0) is 12.1 Å². The second kappa shape index (κ2) is 2.35. The number of terminal acetylenes is 1. The Balaban J connectivity index is 2.86. The fourth-order valence-electron chi connectivity index (χ4n) is 1.09. The van der Waals surface area contributed by atoms with Crippen molar-refractivity contribution in [3.05, 3.63) is 29.8 Å². The molecule has 3 heteroatoms. The fraction of sp³-hybridized carbons (Fsp3) is 0. The number of rotatable bonds is 0. The predicted octanol–water partition coefficient (Wildman–Crippen LogP) is 1.68. The largest absolute Gasteiger partial charge is 0.344 e. The maximum absolute atomic E-state index is 13.1.